The van der Waals surface area contributed by atoms with Crippen molar-refractivity contribution in [2.45, 2.75) is 57.8 Å². The van der Waals surface area contributed by atoms with Crippen molar-refractivity contribution < 1.29 is 24.6 Å². The predicted molar refractivity (Wildman–Crippen MR) is 74.6 cm³/mol. The lowest BCUT2D eigenvalue weighted by Gasteiger charge is -2.26. The minimum Gasteiger partial charge on any atom is -0.480 e. The van der Waals surface area contributed by atoms with Gasteiger partial charge in [0.2, 0.25) is 5.91 Å². The number of carboxylic acids is 1. The summed E-state index contributed by atoms with van der Waals surface area (Å²) >= 11 is 0. The van der Waals surface area contributed by atoms with Crippen molar-refractivity contribution in [2.24, 2.45) is 0 Å². The van der Waals surface area contributed by atoms with Crippen LogP contribution in [0.15, 0.2) is 0 Å². The van der Waals surface area contributed by atoms with Gasteiger partial charge in [-0.25, -0.2) is 9.59 Å². The number of β-amino-alcohol motifs (C(OH)–C–C–N with tert-alkyl or cyclic N) is 1. The summed E-state index contributed by atoms with van der Waals surface area (Å²) in [5.41, 5.74) is -0.427. The molecule has 0 bridgehead atoms. The highest BCUT2D eigenvalue weighted by Crippen LogP contribution is 2.18. The van der Waals surface area contributed by atoms with Gasteiger partial charge in [0.1, 0.15) is 12.1 Å². The minimum atomic E-state index is -1.17. The van der Waals surface area contributed by atoms with Gasteiger partial charge in [0.15, 0.2) is 0 Å². The van der Waals surface area contributed by atoms with Crippen molar-refractivity contribution in [1.82, 2.24) is 15.5 Å². The molecule has 120 valence electrons. The maximum atomic E-state index is 12.0. The number of hydrogen-bond acceptors (Lipinski definition) is 4. The summed E-state index contributed by atoms with van der Waals surface area (Å²) < 4.78 is 0. The molecular formula is C13H23N3O5. The number of nitrogens with zero attached hydrogens (tertiary/aromatic N) is 1. The molecule has 3 atom stereocenters. The smallest absolute Gasteiger partial charge is 0.326 e. The van der Waals surface area contributed by atoms with Gasteiger partial charge in [0.05, 0.1) is 6.10 Å². The van der Waals surface area contributed by atoms with Gasteiger partial charge in [-0.2, -0.15) is 0 Å². The molecule has 1 rings (SSSR count). The molecule has 1 fully saturated rings. The second-order valence-corrected chi connectivity index (χ2v) is 6.31. The Labute approximate surface area is 123 Å². The number of aliphatic hydroxyl groups excluding tert-OH is 1. The fourth-order valence-electron chi connectivity index (χ4n) is 2.08. The van der Waals surface area contributed by atoms with Crippen LogP contribution in [0.25, 0.3) is 0 Å². The van der Waals surface area contributed by atoms with Crippen molar-refractivity contribution in [3.8, 4) is 0 Å². The van der Waals surface area contributed by atoms with E-state index in [2.05, 4.69) is 10.6 Å². The molecule has 0 spiro atoms. The van der Waals surface area contributed by atoms with E-state index in [1.807, 2.05) is 20.8 Å². The molecule has 8 nitrogen and oxygen atoms in total. The van der Waals surface area contributed by atoms with E-state index in [1.165, 1.54) is 6.92 Å². The first-order valence-electron chi connectivity index (χ1n) is 6.81. The molecule has 0 radical (unpaired) electrons. The Balaban J connectivity index is 2.63. The predicted octanol–water partition coefficient (Wildman–Crippen LogP) is -0.481. The fourth-order valence-corrected chi connectivity index (χ4v) is 2.08. The average molecular weight is 301 g/mol. The van der Waals surface area contributed by atoms with Crippen LogP contribution in [0.4, 0.5) is 4.79 Å². The second-order valence-electron chi connectivity index (χ2n) is 6.31. The van der Waals surface area contributed by atoms with E-state index in [9.17, 15) is 19.5 Å². The number of rotatable bonds is 3. The molecule has 1 heterocycles. The van der Waals surface area contributed by atoms with E-state index < -0.39 is 35.7 Å². The Bertz CT molecular complexity index is 432. The highest BCUT2D eigenvalue weighted by molar-refractivity contribution is 5.89. The molecule has 1 unspecified atom stereocenters. The van der Waals surface area contributed by atoms with Gasteiger partial charge in [-0.15, -0.1) is 0 Å². The van der Waals surface area contributed by atoms with Gasteiger partial charge in [-0.1, -0.05) is 0 Å². The van der Waals surface area contributed by atoms with E-state index >= 15 is 0 Å². The Morgan fingerprint density at radius 2 is 1.86 bits per heavy atom. The van der Waals surface area contributed by atoms with E-state index in [0.717, 1.165) is 4.90 Å². The number of likely N-dealkylation sites (tertiary alicyclic amines) is 1. The van der Waals surface area contributed by atoms with Crippen LogP contribution in [-0.4, -0.2) is 63.3 Å². The van der Waals surface area contributed by atoms with E-state index in [4.69, 9.17) is 5.11 Å². The highest BCUT2D eigenvalue weighted by atomic mass is 16.4. The van der Waals surface area contributed by atoms with Crippen molar-refractivity contribution in [2.75, 3.05) is 6.54 Å². The summed E-state index contributed by atoms with van der Waals surface area (Å²) in [6, 6.07) is -2.54. The lowest BCUT2D eigenvalue weighted by Crippen LogP contribution is -2.54. The average Bonchev–Trinajstić information content (AvgIpc) is 2.69. The number of amides is 3. The van der Waals surface area contributed by atoms with Crippen LogP contribution in [-0.2, 0) is 9.59 Å². The molecule has 0 aliphatic carbocycles. The van der Waals surface area contributed by atoms with Crippen LogP contribution in [0.5, 0.6) is 0 Å². The Morgan fingerprint density at radius 1 is 1.29 bits per heavy atom. The normalized spacial score (nSPS) is 23.6. The lowest BCUT2D eigenvalue weighted by atomic mass is 10.1. The molecule has 8 heteroatoms. The molecule has 1 aliphatic rings. The zero-order valence-corrected chi connectivity index (χ0v) is 12.7. The standard InChI is InChI=1S/C13H23N3O5/c1-7(10(18)15-13(2,3)4)14-12(21)16-6-8(17)5-9(16)11(19)20/h7-9,17H,5-6H2,1-4H3,(H,14,21)(H,15,18)(H,19,20)/t7?,8-,9-/m0/s1. The van der Waals surface area contributed by atoms with Crippen LogP contribution in [0.2, 0.25) is 0 Å². The number of aliphatic hydroxyl groups is 1. The molecule has 21 heavy (non-hydrogen) atoms. The van der Waals surface area contributed by atoms with Gasteiger partial charge < -0.3 is 25.7 Å². The van der Waals surface area contributed by atoms with Gasteiger partial charge in [-0.3, -0.25) is 4.79 Å². The maximum Gasteiger partial charge on any atom is 0.326 e. The SMILES string of the molecule is CC(NC(=O)N1C[C@@H](O)C[C@H]1C(=O)O)C(=O)NC(C)(C)C. The lowest BCUT2D eigenvalue weighted by molar-refractivity contribution is -0.141. The molecular weight excluding hydrogens is 278 g/mol. The molecule has 0 saturated carbocycles. The summed E-state index contributed by atoms with van der Waals surface area (Å²) in [7, 11) is 0. The summed E-state index contributed by atoms with van der Waals surface area (Å²) in [6.45, 7) is 6.90. The largest absolute Gasteiger partial charge is 0.480 e. The molecule has 3 amide bonds. The van der Waals surface area contributed by atoms with Crippen molar-refractivity contribution in [3.63, 3.8) is 0 Å². The van der Waals surface area contributed by atoms with E-state index in [0.29, 0.717) is 0 Å². The first-order valence-corrected chi connectivity index (χ1v) is 6.81. The third-order valence-electron chi connectivity index (χ3n) is 3.06. The van der Waals surface area contributed by atoms with Gasteiger partial charge in [0, 0.05) is 18.5 Å². The number of aliphatic carboxylic acids is 1. The van der Waals surface area contributed by atoms with Gasteiger partial charge >= 0.3 is 12.0 Å². The monoisotopic (exact) mass is 301 g/mol. The first-order chi connectivity index (χ1) is 9.51. The molecule has 1 saturated heterocycles. The fraction of sp³-hybridized carbons (Fsp3) is 0.769. The Morgan fingerprint density at radius 3 is 2.33 bits per heavy atom. The van der Waals surface area contributed by atoms with Gasteiger partial charge in [0.25, 0.3) is 0 Å². The molecule has 4 N–H and O–H groups in total. The quantitative estimate of drug-likeness (QED) is 0.561. The van der Waals surface area contributed by atoms with Crippen molar-refractivity contribution in [1.29, 1.82) is 0 Å². The highest BCUT2D eigenvalue weighted by Gasteiger charge is 2.39. The second kappa shape index (κ2) is 6.30. The van der Waals surface area contributed by atoms with Gasteiger partial charge in [-0.05, 0) is 27.7 Å². The number of hydrogen-bond donors (Lipinski definition) is 4. The van der Waals surface area contributed by atoms with Crippen molar-refractivity contribution in [3.05, 3.63) is 0 Å². The number of nitrogens with one attached hydrogen (secondary N) is 2. The third kappa shape index (κ3) is 4.89. The Hall–Kier alpha value is -1.83. The van der Waals surface area contributed by atoms with E-state index in [1.54, 1.807) is 0 Å². The van der Waals surface area contributed by atoms with Crippen LogP contribution in [0.3, 0.4) is 0 Å². The van der Waals surface area contributed by atoms with Crippen LogP contribution in [0.1, 0.15) is 34.1 Å². The van der Waals surface area contributed by atoms with Crippen molar-refractivity contribution >= 4 is 17.9 Å². The first kappa shape index (κ1) is 17.2. The summed E-state index contributed by atoms with van der Waals surface area (Å²) in [6.07, 6.45) is -0.874. The molecule has 0 aromatic carbocycles. The molecule has 1 aliphatic heterocycles. The van der Waals surface area contributed by atoms with Crippen LogP contribution < -0.4 is 10.6 Å². The maximum absolute atomic E-state index is 12.0. The third-order valence-corrected chi connectivity index (χ3v) is 3.06. The van der Waals surface area contributed by atoms with Crippen LogP contribution >= 0.6 is 0 Å². The number of carboxylic acid groups (broad SMARTS) is 1. The molecule has 0 aromatic heterocycles. The summed E-state index contributed by atoms with van der Waals surface area (Å²) in [4.78, 5) is 36.0. The number of carbonyl (C=O) groups is 3. The van der Waals surface area contributed by atoms with E-state index in [-0.39, 0.29) is 18.9 Å². The number of carbonyl (C=O) groups excluding carboxylic acids is 2. The topological polar surface area (TPSA) is 119 Å². The number of urea groups is 1. The molecule has 0 aromatic rings. The summed E-state index contributed by atoms with van der Waals surface area (Å²) in [5, 5.41) is 23.7. The van der Waals surface area contributed by atoms with Crippen LogP contribution in [0, 0.1) is 0 Å². The minimum absolute atomic E-state index is 0.00861. The Kier molecular flexibility index (Phi) is 5.16. The summed E-state index contributed by atoms with van der Waals surface area (Å²) in [5.74, 6) is -1.53. The zero-order chi connectivity index (χ0) is 16.4. The zero-order valence-electron chi connectivity index (χ0n) is 12.7.